The molecule has 0 fully saturated rings. The second kappa shape index (κ2) is 8.57. The monoisotopic (exact) mass is 371 g/mol. The van der Waals surface area contributed by atoms with Gasteiger partial charge in [-0.2, -0.15) is 0 Å². The number of nitrogens with one attached hydrogen (secondary N) is 1. The van der Waals surface area contributed by atoms with E-state index < -0.39 is 0 Å². The first-order valence-electron chi connectivity index (χ1n) is 7.03. The Morgan fingerprint density at radius 1 is 1.17 bits per heavy atom. The summed E-state index contributed by atoms with van der Waals surface area (Å²) in [4.78, 5) is 12.0. The van der Waals surface area contributed by atoms with Gasteiger partial charge in [0.05, 0.1) is 11.8 Å². The molecule has 0 aromatic heterocycles. The van der Waals surface area contributed by atoms with Crippen LogP contribution >= 0.6 is 35.0 Å². The molecule has 0 aliphatic heterocycles. The average Bonchev–Trinajstić information content (AvgIpc) is 2.51. The lowest BCUT2D eigenvalue weighted by Crippen LogP contribution is -2.28. The number of carbonyl (C=O) groups excluding carboxylic acids is 1. The van der Waals surface area contributed by atoms with Gasteiger partial charge < -0.3 is 5.32 Å². The topological polar surface area (TPSA) is 29.1 Å². The number of thioether (sulfide) groups is 1. The normalized spacial score (nSPS) is 12.0. The van der Waals surface area contributed by atoms with Gasteiger partial charge in [0, 0.05) is 15.8 Å². The minimum atomic E-state index is -0.292. The van der Waals surface area contributed by atoms with Crippen molar-refractivity contribution in [2.75, 3.05) is 5.75 Å². The van der Waals surface area contributed by atoms with Gasteiger partial charge in [0.15, 0.2) is 0 Å². The molecule has 1 atom stereocenters. The molecule has 0 saturated carbocycles. The lowest BCUT2D eigenvalue weighted by Gasteiger charge is -2.14. The first-order valence-corrected chi connectivity index (χ1v) is 8.94. The molecular weight excluding hydrogens is 356 g/mol. The van der Waals surface area contributed by atoms with Crippen LogP contribution in [-0.4, -0.2) is 11.7 Å². The average molecular weight is 372 g/mol. The van der Waals surface area contributed by atoms with Crippen molar-refractivity contribution < 1.29 is 9.18 Å². The van der Waals surface area contributed by atoms with E-state index in [0.717, 1.165) is 11.1 Å². The van der Waals surface area contributed by atoms with Gasteiger partial charge in [-0.15, -0.1) is 11.8 Å². The molecule has 2 aromatic rings. The maximum absolute atomic E-state index is 12.9. The van der Waals surface area contributed by atoms with Gasteiger partial charge in [0.2, 0.25) is 5.91 Å². The summed E-state index contributed by atoms with van der Waals surface area (Å²) in [5.74, 6) is 0.485. The van der Waals surface area contributed by atoms with Gasteiger partial charge in [0.1, 0.15) is 5.82 Å². The molecule has 0 unspecified atom stereocenters. The number of halogens is 3. The molecule has 2 aromatic carbocycles. The van der Waals surface area contributed by atoms with Crippen LogP contribution in [0.5, 0.6) is 0 Å². The Balaban J connectivity index is 1.82. The molecular formula is C17H16Cl2FNOS. The summed E-state index contributed by atoms with van der Waals surface area (Å²) in [5.41, 5.74) is 1.69. The molecule has 0 spiro atoms. The van der Waals surface area contributed by atoms with Gasteiger partial charge in [-0.1, -0.05) is 41.4 Å². The van der Waals surface area contributed by atoms with Crippen LogP contribution in [-0.2, 0) is 10.5 Å². The molecule has 0 bridgehead atoms. The molecule has 2 rings (SSSR count). The quantitative estimate of drug-likeness (QED) is 0.751. The fraction of sp³-hybridized carbons (Fsp3) is 0.235. The third-order valence-corrected chi connectivity index (χ3v) is 4.96. The van der Waals surface area contributed by atoms with E-state index >= 15 is 0 Å². The minimum absolute atomic E-state index is 0.0880. The fourth-order valence-corrected chi connectivity index (χ4v) is 3.61. The lowest BCUT2D eigenvalue weighted by atomic mass is 10.1. The van der Waals surface area contributed by atoms with Gasteiger partial charge >= 0.3 is 0 Å². The zero-order chi connectivity index (χ0) is 16.8. The van der Waals surface area contributed by atoms with Crippen LogP contribution in [0.25, 0.3) is 0 Å². The van der Waals surface area contributed by atoms with E-state index in [1.807, 2.05) is 6.92 Å². The van der Waals surface area contributed by atoms with Crippen molar-refractivity contribution in [3.63, 3.8) is 0 Å². The largest absolute Gasteiger partial charge is 0.349 e. The second-order valence-corrected chi connectivity index (χ2v) is 6.83. The van der Waals surface area contributed by atoms with Crippen molar-refractivity contribution in [1.29, 1.82) is 0 Å². The Hall–Kier alpha value is -1.23. The predicted octanol–water partition coefficient (Wildman–Crippen LogP) is 5.24. The predicted molar refractivity (Wildman–Crippen MR) is 95.6 cm³/mol. The molecule has 2 nitrogen and oxygen atoms in total. The van der Waals surface area contributed by atoms with Crippen LogP contribution in [0.3, 0.4) is 0 Å². The highest BCUT2D eigenvalue weighted by molar-refractivity contribution is 7.99. The number of carbonyl (C=O) groups is 1. The van der Waals surface area contributed by atoms with Crippen LogP contribution < -0.4 is 5.32 Å². The minimum Gasteiger partial charge on any atom is -0.349 e. The molecule has 0 heterocycles. The van der Waals surface area contributed by atoms with E-state index in [1.54, 1.807) is 30.3 Å². The van der Waals surface area contributed by atoms with E-state index in [1.165, 1.54) is 23.9 Å². The van der Waals surface area contributed by atoms with Crippen molar-refractivity contribution in [3.8, 4) is 0 Å². The van der Waals surface area contributed by atoms with Crippen molar-refractivity contribution in [2.45, 2.75) is 18.7 Å². The van der Waals surface area contributed by atoms with Crippen LogP contribution in [0.4, 0.5) is 4.39 Å². The van der Waals surface area contributed by atoms with Crippen molar-refractivity contribution in [2.24, 2.45) is 0 Å². The zero-order valence-corrected chi connectivity index (χ0v) is 14.8. The summed E-state index contributed by atoms with van der Waals surface area (Å²) in [5, 5.41) is 4.09. The molecule has 0 aliphatic carbocycles. The molecule has 0 radical (unpaired) electrons. The maximum atomic E-state index is 12.9. The smallest absolute Gasteiger partial charge is 0.230 e. The molecule has 6 heteroatoms. The van der Waals surface area contributed by atoms with Gasteiger partial charge in [-0.25, -0.2) is 4.39 Å². The molecule has 0 aliphatic rings. The Morgan fingerprint density at radius 3 is 2.39 bits per heavy atom. The zero-order valence-electron chi connectivity index (χ0n) is 12.5. The highest BCUT2D eigenvalue weighted by Gasteiger charge is 2.11. The number of amides is 1. The Bertz CT molecular complexity index is 659. The summed E-state index contributed by atoms with van der Waals surface area (Å²) < 4.78 is 12.9. The summed E-state index contributed by atoms with van der Waals surface area (Å²) in [6.07, 6.45) is 0. The highest BCUT2D eigenvalue weighted by atomic mass is 35.5. The Morgan fingerprint density at radius 2 is 1.78 bits per heavy atom. The van der Waals surface area contributed by atoms with Crippen LogP contribution in [0.2, 0.25) is 10.0 Å². The van der Waals surface area contributed by atoms with Crippen LogP contribution in [0.15, 0.2) is 42.5 Å². The number of benzene rings is 2. The number of hydrogen-bond donors (Lipinski definition) is 1. The fourth-order valence-electron chi connectivity index (χ4n) is 2.03. The van der Waals surface area contributed by atoms with Gasteiger partial charge in [0.25, 0.3) is 0 Å². The molecule has 1 N–H and O–H groups in total. The van der Waals surface area contributed by atoms with Crippen molar-refractivity contribution in [3.05, 3.63) is 69.5 Å². The van der Waals surface area contributed by atoms with Crippen LogP contribution in [0, 0.1) is 5.82 Å². The standard InChI is InChI=1S/C17H16Cl2FNOS/c1-11(12-5-7-13(20)8-6-12)21-17(22)10-23-9-14-15(18)3-2-4-16(14)19/h2-8,11H,9-10H2,1H3,(H,21,22)/t11-/m1/s1. The Kier molecular flexibility index (Phi) is 6.75. The van der Waals surface area contributed by atoms with Gasteiger partial charge in [-0.05, 0) is 42.3 Å². The first kappa shape index (κ1) is 18.1. The van der Waals surface area contributed by atoms with E-state index in [9.17, 15) is 9.18 Å². The summed E-state index contributed by atoms with van der Waals surface area (Å²) in [6, 6.07) is 11.3. The maximum Gasteiger partial charge on any atom is 0.230 e. The molecule has 122 valence electrons. The van der Waals surface area contributed by atoms with Gasteiger partial charge in [-0.3, -0.25) is 4.79 Å². The molecule has 23 heavy (non-hydrogen) atoms. The van der Waals surface area contributed by atoms with E-state index in [-0.39, 0.29) is 17.8 Å². The summed E-state index contributed by atoms with van der Waals surface area (Å²) in [6.45, 7) is 1.86. The first-order chi connectivity index (χ1) is 11.0. The van der Waals surface area contributed by atoms with E-state index in [4.69, 9.17) is 23.2 Å². The summed E-state index contributed by atoms with van der Waals surface area (Å²) >= 11 is 13.6. The SMILES string of the molecule is C[C@@H](NC(=O)CSCc1c(Cl)cccc1Cl)c1ccc(F)cc1. The third kappa shape index (κ3) is 5.41. The van der Waals surface area contributed by atoms with Crippen molar-refractivity contribution in [1.82, 2.24) is 5.32 Å². The summed E-state index contributed by atoms with van der Waals surface area (Å²) in [7, 11) is 0. The van der Waals surface area contributed by atoms with Crippen LogP contribution in [0.1, 0.15) is 24.1 Å². The highest BCUT2D eigenvalue weighted by Crippen LogP contribution is 2.28. The number of hydrogen-bond acceptors (Lipinski definition) is 2. The second-order valence-electron chi connectivity index (χ2n) is 5.03. The third-order valence-electron chi connectivity index (χ3n) is 3.29. The lowest BCUT2D eigenvalue weighted by molar-refractivity contribution is -0.119. The molecule has 0 saturated heterocycles. The van der Waals surface area contributed by atoms with E-state index in [2.05, 4.69) is 5.32 Å². The van der Waals surface area contributed by atoms with Crippen molar-refractivity contribution >= 4 is 40.9 Å². The Labute approximate surface area is 149 Å². The van der Waals surface area contributed by atoms with E-state index in [0.29, 0.717) is 21.6 Å². The number of rotatable bonds is 6. The molecule has 1 amide bonds.